The highest BCUT2D eigenvalue weighted by molar-refractivity contribution is 5.70. The molecular weight excluding hydrogens is 264 g/mol. The number of aliphatic hydroxyl groups is 1. The van der Waals surface area contributed by atoms with Crippen molar-refractivity contribution in [1.29, 1.82) is 0 Å². The van der Waals surface area contributed by atoms with Crippen molar-refractivity contribution in [3.05, 3.63) is 38.5 Å². The summed E-state index contributed by atoms with van der Waals surface area (Å²) >= 11 is 0. The van der Waals surface area contributed by atoms with E-state index < -0.39 is 17.1 Å². The highest BCUT2D eigenvalue weighted by atomic mass is 16.6. The van der Waals surface area contributed by atoms with Gasteiger partial charge in [0, 0.05) is 12.0 Å². The van der Waals surface area contributed by atoms with E-state index in [1.807, 2.05) is 0 Å². The topological polar surface area (TPSA) is 130 Å². The summed E-state index contributed by atoms with van der Waals surface area (Å²) in [6.45, 7) is 0. The molecule has 0 saturated carbocycles. The fourth-order valence-electron chi connectivity index (χ4n) is 2.37. The number of hydrogen-bond acceptors (Lipinski definition) is 5. The molecule has 1 N–H and O–H groups in total. The SMILES string of the molecule is Cn1ncc([N+](=O)[O-])c1C1=CC[C@@H](O)[C@@H](N=[N+]=[N-])CC1. The first-order chi connectivity index (χ1) is 9.54. The molecule has 0 aromatic carbocycles. The second kappa shape index (κ2) is 5.72. The second-order valence-electron chi connectivity index (χ2n) is 4.60. The highest BCUT2D eigenvalue weighted by Crippen LogP contribution is 2.32. The predicted molar refractivity (Wildman–Crippen MR) is 70.6 cm³/mol. The van der Waals surface area contributed by atoms with E-state index in [2.05, 4.69) is 15.1 Å². The molecule has 0 fully saturated rings. The summed E-state index contributed by atoms with van der Waals surface area (Å²) in [6.07, 6.45) is 3.42. The summed E-state index contributed by atoms with van der Waals surface area (Å²) in [5.74, 6) is 0. The minimum atomic E-state index is -0.768. The van der Waals surface area contributed by atoms with Gasteiger partial charge in [-0.25, -0.2) is 0 Å². The predicted octanol–water partition coefficient (Wildman–Crippen LogP) is 1.94. The molecule has 0 saturated heterocycles. The minimum Gasteiger partial charge on any atom is -0.392 e. The van der Waals surface area contributed by atoms with Crippen molar-refractivity contribution in [2.24, 2.45) is 12.2 Å². The maximum atomic E-state index is 11.0. The Morgan fingerprint density at radius 3 is 3.10 bits per heavy atom. The third-order valence-electron chi connectivity index (χ3n) is 3.38. The summed E-state index contributed by atoms with van der Waals surface area (Å²) in [5, 5.41) is 28.4. The van der Waals surface area contributed by atoms with Gasteiger partial charge in [-0.15, -0.1) is 0 Å². The van der Waals surface area contributed by atoms with E-state index in [4.69, 9.17) is 5.53 Å². The Bertz CT molecular complexity index is 601. The Hall–Kier alpha value is -2.38. The van der Waals surface area contributed by atoms with E-state index in [1.54, 1.807) is 13.1 Å². The van der Waals surface area contributed by atoms with Crippen LogP contribution in [0.4, 0.5) is 5.69 Å². The molecule has 106 valence electrons. The van der Waals surface area contributed by atoms with Crippen LogP contribution >= 0.6 is 0 Å². The lowest BCUT2D eigenvalue weighted by molar-refractivity contribution is -0.385. The van der Waals surface area contributed by atoms with Gasteiger partial charge in [-0.1, -0.05) is 11.2 Å². The largest absolute Gasteiger partial charge is 0.392 e. The van der Waals surface area contributed by atoms with Crippen LogP contribution in [0.1, 0.15) is 25.0 Å². The molecule has 2 rings (SSSR count). The molecule has 0 amide bonds. The average molecular weight is 278 g/mol. The van der Waals surface area contributed by atoms with Gasteiger partial charge in [0.05, 0.1) is 17.1 Å². The van der Waals surface area contributed by atoms with Gasteiger partial charge >= 0.3 is 5.69 Å². The van der Waals surface area contributed by atoms with Crippen LogP contribution in [0.3, 0.4) is 0 Å². The quantitative estimate of drug-likeness (QED) is 0.297. The monoisotopic (exact) mass is 278 g/mol. The van der Waals surface area contributed by atoms with Crippen LogP contribution in [-0.4, -0.2) is 32.0 Å². The Balaban J connectivity index is 2.33. The van der Waals surface area contributed by atoms with Crippen LogP contribution in [0.2, 0.25) is 0 Å². The molecule has 9 heteroatoms. The Morgan fingerprint density at radius 2 is 2.45 bits per heavy atom. The van der Waals surface area contributed by atoms with Gasteiger partial charge in [0.2, 0.25) is 0 Å². The smallest absolute Gasteiger partial charge is 0.314 e. The van der Waals surface area contributed by atoms with Crippen LogP contribution in [0.15, 0.2) is 17.4 Å². The minimum absolute atomic E-state index is 0.0597. The number of aliphatic hydroxyl groups excluding tert-OH is 1. The number of aromatic nitrogens is 2. The molecule has 0 bridgehead atoms. The number of aryl methyl sites for hydroxylation is 1. The molecule has 1 heterocycles. The summed E-state index contributed by atoms with van der Waals surface area (Å²) < 4.78 is 1.45. The third-order valence-corrected chi connectivity index (χ3v) is 3.38. The molecule has 1 aliphatic rings. The average Bonchev–Trinajstić information content (AvgIpc) is 2.70. The number of hydrogen-bond donors (Lipinski definition) is 1. The van der Waals surface area contributed by atoms with Crippen LogP contribution in [0.25, 0.3) is 16.0 Å². The maximum absolute atomic E-state index is 11.0. The fourth-order valence-corrected chi connectivity index (χ4v) is 2.37. The third kappa shape index (κ3) is 2.63. The van der Waals surface area contributed by atoms with Crippen LogP contribution in [0.5, 0.6) is 0 Å². The van der Waals surface area contributed by atoms with Crippen molar-refractivity contribution in [2.75, 3.05) is 0 Å². The van der Waals surface area contributed by atoms with Crippen LogP contribution in [0, 0.1) is 10.1 Å². The zero-order valence-electron chi connectivity index (χ0n) is 10.9. The molecule has 0 radical (unpaired) electrons. The Kier molecular flexibility index (Phi) is 4.02. The summed E-state index contributed by atoms with van der Waals surface area (Å²) in [5.41, 5.74) is 9.58. The summed E-state index contributed by atoms with van der Waals surface area (Å²) in [4.78, 5) is 13.2. The van der Waals surface area contributed by atoms with Gasteiger partial charge in [0.25, 0.3) is 0 Å². The molecule has 0 aliphatic heterocycles. The van der Waals surface area contributed by atoms with Crippen molar-refractivity contribution in [1.82, 2.24) is 9.78 Å². The number of rotatable bonds is 3. The van der Waals surface area contributed by atoms with Crippen molar-refractivity contribution in [3.63, 3.8) is 0 Å². The van der Waals surface area contributed by atoms with Gasteiger partial charge in [-0.2, -0.15) is 5.10 Å². The van der Waals surface area contributed by atoms with Crippen molar-refractivity contribution < 1.29 is 10.0 Å². The summed E-state index contributed by atoms with van der Waals surface area (Å²) in [6, 6.07) is -0.513. The number of nitrogens with zero attached hydrogens (tertiary/aromatic N) is 6. The van der Waals surface area contributed by atoms with Crippen molar-refractivity contribution in [3.8, 4) is 0 Å². The number of allylic oxidation sites excluding steroid dienone is 1. The molecule has 20 heavy (non-hydrogen) atoms. The van der Waals surface area contributed by atoms with Gasteiger partial charge < -0.3 is 5.11 Å². The highest BCUT2D eigenvalue weighted by Gasteiger charge is 2.27. The van der Waals surface area contributed by atoms with Gasteiger partial charge in [0.1, 0.15) is 11.9 Å². The molecular formula is C11H14N6O3. The molecule has 0 spiro atoms. The van der Waals surface area contributed by atoms with Crippen LogP contribution < -0.4 is 0 Å². The second-order valence-corrected chi connectivity index (χ2v) is 4.60. The molecule has 9 nitrogen and oxygen atoms in total. The van der Waals surface area contributed by atoms with E-state index in [0.29, 0.717) is 25.0 Å². The normalized spacial score (nSPS) is 22.6. The molecule has 1 aromatic heterocycles. The number of nitro groups is 1. The van der Waals surface area contributed by atoms with Gasteiger partial charge in [-0.05, 0) is 30.4 Å². The molecule has 2 atom stereocenters. The first-order valence-corrected chi connectivity index (χ1v) is 6.12. The fraction of sp³-hybridized carbons (Fsp3) is 0.545. The summed E-state index contributed by atoms with van der Waals surface area (Å²) in [7, 11) is 1.63. The lowest BCUT2D eigenvalue weighted by atomic mass is 10.0. The van der Waals surface area contributed by atoms with E-state index in [1.165, 1.54) is 10.9 Å². The molecule has 0 unspecified atom stereocenters. The van der Waals surface area contributed by atoms with Crippen LogP contribution in [-0.2, 0) is 7.05 Å². The molecule has 1 aromatic rings. The zero-order chi connectivity index (χ0) is 14.7. The molecule has 1 aliphatic carbocycles. The first-order valence-electron chi connectivity index (χ1n) is 6.12. The lowest BCUT2D eigenvalue weighted by Gasteiger charge is -2.13. The van der Waals surface area contributed by atoms with Gasteiger partial charge in [-0.3, -0.25) is 14.8 Å². The number of azide groups is 1. The van der Waals surface area contributed by atoms with Crippen molar-refractivity contribution >= 4 is 11.3 Å². The van der Waals surface area contributed by atoms with E-state index >= 15 is 0 Å². The Morgan fingerprint density at radius 1 is 1.70 bits per heavy atom. The zero-order valence-corrected chi connectivity index (χ0v) is 10.9. The van der Waals surface area contributed by atoms with E-state index in [-0.39, 0.29) is 5.69 Å². The maximum Gasteiger partial charge on any atom is 0.314 e. The van der Waals surface area contributed by atoms with Gasteiger partial charge in [0.15, 0.2) is 0 Å². The van der Waals surface area contributed by atoms with E-state index in [0.717, 1.165) is 5.57 Å². The first kappa shape index (κ1) is 14.0. The van der Waals surface area contributed by atoms with E-state index in [9.17, 15) is 15.2 Å². The Labute approximate surface area is 114 Å². The lowest BCUT2D eigenvalue weighted by Crippen LogP contribution is -2.21. The standard InChI is InChI=1S/C11H14N6O3/c1-16-11(9(6-13-16)17(19)20)7-2-4-8(14-15-12)10(18)5-3-7/h3,6,8,10,18H,2,4-5H2,1H3/t8-,10+/m0/s1. The van der Waals surface area contributed by atoms with Crippen molar-refractivity contribution in [2.45, 2.75) is 31.4 Å².